The number of benzene rings is 2. The summed E-state index contributed by atoms with van der Waals surface area (Å²) in [6.07, 6.45) is 7.03. The van der Waals surface area contributed by atoms with Gasteiger partial charge in [0.05, 0.1) is 18.3 Å². The van der Waals surface area contributed by atoms with E-state index in [2.05, 4.69) is 22.8 Å². The molecule has 0 bridgehead atoms. The molecule has 2 heterocycles. The van der Waals surface area contributed by atoms with Crippen LogP contribution in [0.2, 0.25) is 0 Å². The SMILES string of the molecule is CC.N#Cc1ccc(-c2cccc(CC3CNCCO3)c2C2=CCNC=C2)cc1F. The van der Waals surface area contributed by atoms with Crippen LogP contribution in [-0.4, -0.2) is 32.3 Å². The molecule has 30 heavy (non-hydrogen) atoms. The fraction of sp³-hybridized carbons (Fsp3) is 0.320. The zero-order valence-electron chi connectivity index (χ0n) is 17.5. The Balaban J connectivity index is 0.00000124. The molecule has 0 aromatic heterocycles. The van der Waals surface area contributed by atoms with E-state index in [1.54, 1.807) is 6.07 Å². The summed E-state index contributed by atoms with van der Waals surface area (Å²) in [4.78, 5) is 0. The van der Waals surface area contributed by atoms with Crippen molar-refractivity contribution in [2.45, 2.75) is 26.4 Å². The second kappa shape index (κ2) is 10.7. The first kappa shape index (κ1) is 21.8. The second-order valence-electron chi connectivity index (χ2n) is 6.95. The zero-order valence-corrected chi connectivity index (χ0v) is 17.5. The molecule has 0 amide bonds. The second-order valence-corrected chi connectivity index (χ2v) is 6.95. The van der Waals surface area contributed by atoms with E-state index in [1.165, 1.54) is 11.6 Å². The van der Waals surface area contributed by atoms with Crippen LogP contribution in [0.5, 0.6) is 0 Å². The average molecular weight is 406 g/mol. The van der Waals surface area contributed by atoms with Crippen molar-refractivity contribution in [3.8, 4) is 17.2 Å². The van der Waals surface area contributed by atoms with Crippen LogP contribution in [0.3, 0.4) is 0 Å². The van der Waals surface area contributed by atoms with Gasteiger partial charge in [0, 0.05) is 26.1 Å². The molecule has 4 rings (SSSR count). The lowest BCUT2D eigenvalue weighted by molar-refractivity contribution is 0.0292. The van der Waals surface area contributed by atoms with Gasteiger partial charge in [-0.2, -0.15) is 5.26 Å². The Labute approximate surface area is 178 Å². The molecule has 1 unspecified atom stereocenters. The molecule has 0 radical (unpaired) electrons. The summed E-state index contributed by atoms with van der Waals surface area (Å²) in [6, 6.07) is 12.8. The Morgan fingerprint density at radius 2 is 2.10 bits per heavy atom. The minimum atomic E-state index is -0.494. The summed E-state index contributed by atoms with van der Waals surface area (Å²) in [5, 5.41) is 15.6. The van der Waals surface area contributed by atoms with Crippen LogP contribution in [0, 0.1) is 17.1 Å². The maximum atomic E-state index is 14.3. The minimum Gasteiger partial charge on any atom is -0.387 e. The molecule has 0 spiro atoms. The van der Waals surface area contributed by atoms with E-state index < -0.39 is 5.82 Å². The molecule has 156 valence electrons. The number of ether oxygens (including phenoxy) is 1. The van der Waals surface area contributed by atoms with E-state index in [-0.39, 0.29) is 11.7 Å². The van der Waals surface area contributed by atoms with E-state index in [0.717, 1.165) is 48.3 Å². The Morgan fingerprint density at radius 1 is 1.23 bits per heavy atom. The van der Waals surface area contributed by atoms with Crippen molar-refractivity contribution >= 4 is 5.57 Å². The number of nitriles is 1. The zero-order chi connectivity index (χ0) is 21.3. The largest absolute Gasteiger partial charge is 0.387 e. The van der Waals surface area contributed by atoms with Gasteiger partial charge in [-0.15, -0.1) is 0 Å². The first-order valence-electron chi connectivity index (χ1n) is 10.5. The Bertz CT molecular complexity index is 969. The predicted octanol–water partition coefficient (Wildman–Crippen LogP) is 4.42. The Morgan fingerprint density at radius 3 is 2.77 bits per heavy atom. The van der Waals surface area contributed by atoms with Crippen molar-refractivity contribution in [1.29, 1.82) is 5.26 Å². The highest BCUT2D eigenvalue weighted by atomic mass is 19.1. The van der Waals surface area contributed by atoms with Crippen LogP contribution in [-0.2, 0) is 11.2 Å². The minimum absolute atomic E-state index is 0.0594. The number of halogens is 1. The van der Waals surface area contributed by atoms with Crippen molar-refractivity contribution in [3.63, 3.8) is 0 Å². The van der Waals surface area contributed by atoms with Crippen LogP contribution >= 0.6 is 0 Å². The van der Waals surface area contributed by atoms with Crippen LogP contribution in [0.25, 0.3) is 16.7 Å². The summed E-state index contributed by atoms with van der Waals surface area (Å²) < 4.78 is 20.2. The van der Waals surface area contributed by atoms with E-state index in [1.807, 2.05) is 50.4 Å². The van der Waals surface area contributed by atoms with Gasteiger partial charge in [-0.25, -0.2) is 4.39 Å². The van der Waals surface area contributed by atoms with E-state index in [9.17, 15) is 4.39 Å². The van der Waals surface area contributed by atoms with E-state index >= 15 is 0 Å². The van der Waals surface area contributed by atoms with Crippen LogP contribution < -0.4 is 10.6 Å². The number of morpholine rings is 1. The summed E-state index contributed by atoms with van der Waals surface area (Å²) in [5.74, 6) is -0.494. The van der Waals surface area contributed by atoms with Crippen molar-refractivity contribution in [2.24, 2.45) is 0 Å². The lowest BCUT2D eigenvalue weighted by Crippen LogP contribution is -2.39. The van der Waals surface area contributed by atoms with Gasteiger partial charge in [0.15, 0.2) is 0 Å². The van der Waals surface area contributed by atoms with Gasteiger partial charge in [-0.1, -0.05) is 44.2 Å². The molecule has 2 aliphatic heterocycles. The van der Waals surface area contributed by atoms with Gasteiger partial charge in [0.2, 0.25) is 0 Å². The number of dihydropyridines is 1. The van der Waals surface area contributed by atoms with Crippen molar-refractivity contribution < 1.29 is 9.13 Å². The summed E-state index contributed by atoms with van der Waals surface area (Å²) in [7, 11) is 0. The predicted molar refractivity (Wildman–Crippen MR) is 119 cm³/mol. The molecule has 1 fully saturated rings. The number of hydrogen-bond acceptors (Lipinski definition) is 4. The third kappa shape index (κ3) is 4.96. The van der Waals surface area contributed by atoms with Gasteiger partial charge < -0.3 is 15.4 Å². The van der Waals surface area contributed by atoms with Crippen molar-refractivity contribution in [2.75, 3.05) is 26.2 Å². The van der Waals surface area contributed by atoms with Crippen molar-refractivity contribution in [3.05, 3.63) is 77.3 Å². The molecule has 2 aliphatic rings. The fourth-order valence-electron chi connectivity index (χ4n) is 3.76. The number of allylic oxidation sites excluding steroid dienone is 2. The topological polar surface area (TPSA) is 57.1 Å². The Hall–Kier alpha value is -2.94. The van der Waals surface area contributed by atoms with Gasteiger partial charge in [0.1, 0.15) is 11.9 Å². The lowest BCUT2D eigenvalue weighted by atomic mass is 9.87. The molecule has 0 saturated carbocycles. The highest BCUT2D eigenvalue weighted by Crippen LogP contribution is 2.34. The molecule has 4 nitrogen and oxygen atoms in total. The molecule has 5 heteroatoms. The normalized spacial score (nSPS) is 17.8. The van der Waals surface area contributed by atoms with E-state index in [0.29, 0.717) is 6.61 Å². The molecule has 2 aromatic carbocycles. The highest BCUT2D eigenvalue weighted by Gasteiger charge is 2.20. The van der Waals surface area contributed by atoms with Crippen LogP contribution in [0.15, 0.2) is 54.8 Å². The number of hydrogen-bond donors (Lipinski definition) is 2. The molecule has 0 aliphatic carbocycles. The quantitative estimate of drug-likeness (QED) is 0.791. The van der Waals surface area contributed by atoms with Gasteiger partial charge in [-0.3, -0.25) is 0 Å². The van der Waals surface area contributed by atoms with Crippen LogP contribution in [0.4, 0.5) is 4.39 Å². The van der Waals surface area contributed by atoms with Gasteiger partial charge >= 0.3 is 0 Å². The average Bonchev–Trinajstić information content (AvgIpc) is 2.81. The fourth-order valence-corrected chi connectivity index (χ4v) is 3.76. The molecule has 1 saturated heterocycles. The summed E-state index contributed by atoms with van der Waals surface area (Å²) in [6.45, 7) is 7.18. The van der Waals surface area contributed by atoms with Crippen LogP contribution in [0.1, 0.15) is 30.5 Å². The number of rotatable bonds is 4. The van der Waals surface area contributed by atoms with E-state index in [4.69, 9.17) is 10.00 Å². The molecular weight excluding hydrogens is 377 g/mol. The Kier molecular flexibility index (Phi) is 7.78. The maximum absolute atomic E-state index is 14.3. The monoisotopic (exact) mass is 405 g/mol. The molecule has 1 atom stereocenters. The first-order valence-corrected chi connectivity index (χ1v) is 10.5. The maximum Gasteiger partial charge on any atom is 0.141 e. The first-order chi connectivity index (χ1) is 14.8. The van der Waals surface area contributed by atoms with Gasteiger partial charge in [-0.05, 0) is 52.2 Å². The third-order valence-electron chi connectivity index (χ3n) is 5.11. The van der Waals surface area contributed by atoms with Crippen molar-refractivity contribution in [1.82, 2.24) is 10.6 Å². The third-order valence-corrected chi connectivity index (χ3v) is 5.11. The summed E-state index contributed by atoms with van der Waals surface area (Å²) in [5.41, 5.74) is 5.17. The standard InChI is InChI=1S/C23H22FN3O.C2H6/c24-22-13-17(4-5-19(22)14-25)21-3-1-2-18(12-20-15-27-10-11-28-20)23(21)16-6-8-26-9-7-16;1-2/h1-8,13,20,26-27H,9-12,15H2;1-2H3. The number of nitrogens with one attached hydrogen (secondary N) is 2. The smallest absolute Gasteiger partial charge is 0.141 e. The molecular formula is C25H28FN3O. The number of nitrogens with zero attached hydrogens (tertiary/aromatic N) is 1. The summed E-state index contributed by atoms with van der Waals surface area (Å²) >= 11 is 0. The van der Waals surface area contributed by atoms with Gasteiger partial charge in [0.25, 0.3) is 0 Å². The lowest BCUT2D eigenvalue weighted by Gasteiger charge is -2.26. The molecule has 2 aromatic rings. The highest BCUT2D eigenvalue weighted by molar-refractivity contribution is 5.88. The molecule has 2 N–H and O–H groups in total.